The van der Waals surface area contributed by atoms with Gasteiger partial charge >= 0.3 is 24.5 Å². The Morgan fingerprint density at radius 1 is 1.19 bits per heavy atom. The molecule has 0 aromatic heterocycles. The summed E-state index contributed by atoms with van der Waals surface area (Å²) >= 11 is 0. The van der Waals surface area contributed by atoms with Gasteiger partial charge in [0.1, 0.15) is 5.56 Å². The van der Waals surface area contributed by atoms with E-state index in [2.05, 4.69) is 4.74 Å². The average Bonchev–Trinajstić information content (AvgIpc) is 2.92. The molecule has 0 saturated carbocycles. The number of alkyl halides is 6. The van der Waals surface area contributed by atoms with E-state index in [1.54, 1.807) is 19.0 Å². The first-order chi connectivity index (χ1) is 14.1. The minimum Gasteiger partial charge on any atom is -0.408 e. The number of halogens is 6. The van der Waals surface area contributed by atoms with Gasteiger partial charge in [-0.25, -0.2) is 9.59 Å². The lowest BCUT2D eigenvalue weighted by molar-refractivity contribution is -0.143. The molecule has 0 radical (unpaired) electrons. The van der Waals surface area contributed by atoms with Crippen molar-refractivity contribution in [1.82, 2.24) is 9.80 Å². The fraction of sp³-hybridized carbons (Fsp3) is 0.529. The van der Waals surface area contributed by atoms with Gasteiger partial charge in [-0.1, -0.05) is 0 Å². The maximum Gasteiger partial charge on any atom is 0.420 e. The van der Waals surface area contributed by atoms with Gasteiger partial charge in [-0.15, -0.1) is 0 Å². The number of ether oxygens (including phenoxy) is 1. The van der Waals surface area contributed by atoms with Crippen molar-refractivity contribution in [2.45, 2.75) is 18.5 Å². The summed E-state index contributed by atoms with van der Waals surface area (Å²) in [6.45, 7) is -0.426. The largest absolute Gasteiger partial charge is 0.420 e. The Morgan fingerprint density at radius 3 is 2.29 bits per heavy atom. The van der Waals surface area contributed by atoms with E-state index in [0.717, 1.165) is 4.90 Å². The molecule has 2 rings (SSSR count). The van der Waals surface area contributed by atoms with Crippen molar-refractivity contribution in [2.75, 3.05) is 45.2 Å². The number of hydrogen-bond acceptors (Lipinski definition) is 5. The Morgan fingerprint density at radius 2 is 1.81 bits per heavy atom. The van der Waals surface area contributed by atoms with Crippen LogP contribution in [0.2, 0.25) is 0 Å². The second-order valence-electron chi connectivity index (χ2n) is 7.08. The quantitative estimate of drug-likeness (QED) is 0.638. The molecule has 31 heavy (non-hydrogen) atoms. The number of urea groups is 1. The molecule has 1 aromatic carbocycles. The second-order valence-corrected chi connectivity index (χ2v) is 7.08. The zero-order valence-corrected chi connectivity index (χ0v) is 16.4. The molecule has 1 fully saturated rings. The molecule has 1 atom stereocenters. The molecular formula is C17H20F6N4O4. The van der Waals surface area contributed by atoms with E-state index in [1.165, 1.54) is 0 Å². The van der Waals surface area contributed by atoms with Crippen molar-refractivity contribution in [3.8, 4) is 5.75 Å². The van der Waals surface area contributed by atoms with E-state index in [9.17, 15) is 41.0 Å². The van der Waals surface area contributed by atoms with E-state index < -0.39 is 53.1 Å². The summed E-state index contributed by atoms with van der Waals surface area (Å²) in [5, 5.41) is 9.99. The minimum absolute atomic E-state index is 0.0864. The summed E-state index contributed by atoms with van der Waals surface area (Å²) in [7, 11) is 3.33. The second kappa shape index (κ2) is 8.78. The van der Waals surface area contributed by atoms with Crippen LogP contribution in [0.25, 0.3) is 0 Å². The predicted molar refractivity (Wildman–Crippen MR) is 95.5 cm³/mol. The molecule has 174 valence electrons. The number of rotatable bonds is 6. The number of amides is 3. The molecule has 0 aliphatic carbocycles. The van der Waals surface area contributed by atoms with Crippen LogP contribution in [0, 0.1) is 0 Å². The smallest absolute Gasteiger partial charge is 0.408 e. The molecule has 1 heterocycles. The Hall–Kier alpha value is -2.74. The Balaban J connectivity index is 2.53. The Bertz CT molecular complexity index is 843. The fourth-order valence-electron chi connectivity index (χ4n) is 3.11. The van der Waals surface area contributed by atoms with Gasteiger partial charge in [0.05, 0.1) is 17.4 Å². The van der Waals surface area contributed by atoms with Gasteiger partial charge in [0.15, 0.2) is 5.75 Å². The lowest BCUT2D eigenvalue weighted by atomic mass is 10.1. The number of anilines is 1. The molecule has 0 bridgehead atoms. The minimum atomic E-state index is -5.34. The molecule has 1 aromatic rings. The van der Waals surface area contributed by atoms with Crippen LogP contribution in [-0.4, -0.2) is 73.4 Å². The van der Waals surface area contributed by atoms with Crippen LogP contribution in [0.1, 0.15) is 11.1 Å². The maximum atomic E-state index is 13.5. The lowest BCUT2D eigenvalue weighted by Crippen LogP contribution is -2.40. The first-order valence-electron chi connectivity index (χ1n) is 8.80. The summed E-state index contributed by atoms with van der Waals surface area (Å²) in [6.07, 6.45) is -13.2. The first-order valence-corrected chi connectivity index (χ1v) is 8.80. The Kier molecular flexibility index (Phi) is 6.95. The molecule has 1 aliphatic heterocycles. The van der Waals surface area contributed by atoms with Crippen LogP contribution >= 0.6 is 0 Å². The predicted octanol–water partition coefficient (Wildman–Crippen LogP) is 2.35. The Labute approximate surface area is 172 Å². The molecule has 14 heteroatoms. The first kappa shape index (κ1) is 24.5. The molecule has 3 N–H and O–H groups in total. The van der Waals surface area contributed by atoms with E-state index in [0.29, 0.717) is 4.90 Å². The van der Waals surface area contributed by atoms with E-state index in [4.69, 9.17) is 5.73 Å². The highest BCUT2D eigenvalue weighted by Gasteiger charge is 2.43. The average molecular weight is 458 g/mol. The van der Waals surface area contributed by atoms with Crippen molar-refractivity contribution in [1.29, 1.82) is 0 Å². The van der Waals surface area contributed by atoms with Crippen LogP contribution in [0.3, 0.4) is 0 Å². The van der Waals surface area contributed by atoms with Crippen molar-refractivity contribution in [3.05, 3.63) is 23.3 Å². The highest BCUT2D eigenvalue weighted by atomic mass is 19.4. The third-order valence-corrected chi connectivity index (χ3v) is 4.30. The number of likely N-dealkylation sites (N-methyl/N-ethyl adjacent to an activating group) is 1. The van der Waals surface area contributed by atoms with Crippen LogP contribution in [0.4, 0.5) is 41.6 Å². The summed E-state index contributed by atoms with van der Waals surface area (Å²) in [5.41, 5.74) is 0.296. The third kappa shape index (κ3) is 5.91. The summed E-state index contributed by atoms with van der Waals surface area (Å²) in [6, 6.07) is -0.897. The zero-order chi connectivity index (χ0) is 23.7. The molecule has 3 amide bonds. The van der Waals surface area contributed by atoms with Gasteiger partial charge in [-0.05, 0) is 26.2 Å². The maximum absolute atomic E-state index is 13.5. The van der Waals surface area contributed by atoms with Gasteiger partial charge in [0, 0.05) is 26.2 Å². The molecule has 1 saturated heterocycles. The number of aliphatic hydroxyl groups is 1. The number of hydrogen-bond donors (Lipinski definition) is 2. The van der Waals surface area contributed by atoms with Gasteiger partial charge < -0.3 is 25.4 Å². The number of benzene rings is 1. The van der Waals surface area contributed by atoms with E-state index >= 15 is 0 Å². The normalized spacial score (nSPS) is 16.3. The van der Waals surface area contributed by atoms with Gasteiger partial charge in [0.2, 0.25) is 0 Å². The van der Waals surface area contributed by atoms with E-state index in [-0.39, 0.29) is 38.3 Å². The number of primary amides is 1. The number of carbonyl (C=O) groups is 2. The summed E-state index contributed by atoms with van der Waals surface area (Å²) in [5.74, 6) is -1.31. The number of nitrogens with zero attached hydrogens (tertiary/aromatic N) is 3. The fourth-order valence-corrected chi connectivity index (χ4v) is 3.11. The SMILES string of the molecule is CN(C)C[C@H](O)CN1CCN(c2cc(C(F)(F)F)cc(C(F)(F)F)c2OC(N)=O)C1=O. The third-order valence-electron chi connectivity index (χ3n) is 4.30. The van der Waals surface area contributed by atoms with Crippen LogP contribution in [0.5, 0.6) is 5.75 Å². The molecular weight excluding hydrogens is 438 g/mol. The van der Waals surface area contributed by atoms with Crippen molar-refractivity contribution >= 4 is 17.8 Å². The van der Waals surface area contributed by atoms with Crippen LogP contribution < -0.4 is 15.4 Å². The van der Waals surface area contributed by atoms with Crippen molar-refractivity contribution < 1.29 is 45.8 Å². The molecule has 0 spiro atoms. The summed E-state index contributed by atoms with van der Waals surface area (Å²) in [4.78, 5) is 27.1. The molecule has 0 unspecified atom stereocenters. The monoisotopic (exact) mass is 458 g/mol. The highest BCUT2D eigenvalue weighted by Crippen LogP contribution is 2.46. The topological polar surface area (TPSA) is 99.3 Å². The summed E-state index contributed by atoms with van der Waals surface area (Å²) < 4.78 is 84.4. The number of β-amino-alcohol motifs (C(OH)–C–C–N with tert-alkyl or cyclic N) is 1. The van der Waals surface area contributed by atoms with Gasteiger partial charge in [0.25, 0.3) is 0 Å². The molecule has 8 nitrogen and oxygen atoms in total. The number of aliphatic hydroxyl groups excluding tert-OH is 1. The number of carbonyl (C=O) groups excluding carboxylic acids is 2. The zero-order valence-electron chi connectivity index (χ0n) is 16.4. The van der Waals surface area contributed by atoms with Crippen molar-refractivity contribution in [3.63, 3.8) is 0 Å². The van der Waals surface area contributed by atoms with Gasteiger partial charge in [-0.2, -0.15) is 26.3 Å². The molecule has 1 aliphatic rings. The van der Waals surface area contributed by atoms with Crippen LogP contribution in [-0.2, 0) is 12.4 Å². The van der Waals surface area contributed by atoms with Crippen molar-refractivity contribution in [2.24, 2.45) is 5.73 Å². The van der Waals surface area contributed by atoms with Crippen LogP contribution in [0.15, 0.2) is 12.1 Å². The number of nitrogens with two attached hydrogens (primary N) is 1. The lowest BCUT2D eigenvalue weighted by Gasteiger charge is -2.25. The highest BCUT2D eigenvalue weighted by molar-refractivity contribution is 5.96. The standard InChI is InChI=1S/C17H20F6N4O4/c1-25(2)7-10(28)8-26-3-4-27(15(26)30)12-6-9(16(18,19)20)5-11(17(21,22)23)13(12)31-14(24)29/h5-6,10,28H,3-4,7-8H2,1-2H3,(H2,24,29)/t10-/m0/s1. The van der Waals surface area contributed by atoms with Gasteiger partial charge in [-0.3, -0.25) is 4.90 Å². The van der Waals surface area contributed by atoms with E-state index in [1.807, 2.05) is 0 Å².